The van der Waals surface area contributed by atoms with Crippen molar-refractivity contribution < 1.29 is 14.3 Å². The molecular formula is C32H35Cl2N3O3. The molecule has 0 radical (unpaired) electrons. The lowest BCUT2D eigenvalue weighted by Crippen LogP contribution is -2.42. The van der Waals surface area contributed by atoms with Gasteiger partial charge < -0.3 is 19.7 Å². The zero-order chi connectivity index (χ0) is 27.5. The molecule has 210 valence electrons. The normalized spacial score (nSPS) is 22.6. The van der Waals surface area contributed by atoms with Gasteiger partial charge in [-0.05, 0) is 105 Å². The summed E-state index contributed by atoms with van der Waals surface area (Å²) in [7, 11) is 0. The number of amides is 1. The average molecular weight is 581 g/mol. The van der Waals surface area contributed by atoms with Crippen LogP contribution in [-0.2, 0) is 0 Å². The first-order chi connectivity index (χ1) is 19.5. The minimum atomic E-state index is -0.390. The molecule has 3 heterocycles. The maximum atomic E-state index is 13.5. The monoisotopic (exact) mass is 579 g/mol. The highest BCUT2D eigenvalue weighted by atomic mass is 35.5. The molecule has 6 rings (SSSR count). The molecule has 1 saturated heterocycles. The summed E-state index contributed by atoms with van der Waals surface area (Å²) in [5.74, 6) is 1.54. The highest BCUT2D eigenvalue weighted by Crippen LogP contribution is 2.47. The van der Waals surface area contributed by atoms with Gasteiger partial charge in [0.15, 0.2) is 0 Å². The molecule has 1 aliphatic carbocycles. The number of halogens is 2. The SMILES string of the molecule is O=C(Oc1ccc(Cl)cc1)N1CCC2=C(NC3=CC=C(Cl)CC32)C1c1ccc(OCCCN2CCCCC2)cc1. The van der Waals surface area contributed by atoms with E-state index in [1.54, 1.807) is 24.3 Å². The van der Waals surface area contributed by atoms with Gasteiger partial charge in [0.05, 0.1) is 6.61 Å². The molecule has 2 unspecified atom stereocenters. The Labute approximate surface area is 246 Å². The third-order valence-electron chi connectivity index (χ3n) is 8.26. The fourth-order valence-corrected chi connectivity index (χ4v) is 6.57. The van der Waals surface area contributed by atoms with Crippen molar-refractivity contribution in [3.8, 4) is 11.5 Å². The Hall–Kier alpha value is -2.93. The van der Waals surface area contributed by atoms with E-state index in [2.05, 4.69) is 28.4 Å². The average Bonchev–Trinajstić information content (AvgIpc) is 3.35. The molecule has 0 spiro atoms. The number of carbonyl (C=O) groups excluding carboxylic acids is 1. The molecule has 40 heavy (non-hydrogen) atoms. The number of hydrogen-bond acceptors (Lipinski definition) is 5. The second kappa shape index (κ2) is 12.3. The minimum absolute atomic E-state index is 0.229. The minimum Gasteiger partial charge on any atom is -0.494 e. The van der Waals surface area contributed by atoms with Gasteiger partial charge in [0, 0.05) is 40.5 Å². The number of ether oxygens (including phenoxy) is 2. The van der Waals surface area contributed by atoms with Gasteiger partial charge in [-0.1, -0.05) is 41.8 Å². The third-order valence-corrected chi connectivity index (χ3v) is 8.79. The van der Waals surface area contributed by atoms with Crippen LogP contribution >= 0.6 is 23.2 Å². The molecule has 2 aromatic rings. The first-order valence-corrected chi connectivity index (χ1v) is 15.1. The fourth-order valence-electron chi connectivity index (χ4n) is 6.22. The number of allylic oxidation sites excluding steroid dienone is 4. The Bertz CT molecular complexity index is 1310. The predicted molar refractivity (Wildman–Crippen MR) is 159 cm³/mol. The summed E-state index contributed by atoms with van der Waals surface area (Å²) in [6.07, 6.45) is 10.2. The van der Waals surface area contributed by atoms with E-state index in [0.717, 1.165) is 53.5 Å². The highest BCUT2D eigenvalue weighted by molar-refractivity contribution is 6.30. The van der Waals surface area contributed by atoms with Crippen LogP contribution in [0.2, 0.25) is 5.02 Å². The molecule has 6 nitrogen and oxygen atoms in total. The molecule has 3 aliphatic heterocycles. The van der Waals surface area contributed by atoms with E-state index >= 15 is 0 Å². The van der Waals surface area contributed by atoms with Gasteiger partial charge in [-0.2, -0.15) is 0 Å². The quantitative estimate of drug-likeness (QED) is 0.346. The summed E-state index contributed by atoms with van der Waals surface area (Å²) in [5.41, 5.74) is 4.51. The second-order valence-corrected chi connectivity index (χ2v) is 11.8. The van der Waals surface area contributed by atoms with E-state index in [4.69, 9.17) is 32.7 Å². The highest BCUT2D eigenvalue weighted by Gasteiger charge is 2.42. The number of fused-ring (bicyclic) bond motifs is 2. The van der Waals surface area contributed by atoms with Crippen molar-refractivity contribution in [2.45, 2.75) is 44.6 Å². The molecule has 0 aromatic heterocycles. The summed E-state index contributed by atoms with van der Waals surface area (Å²) >= 11 is 12.4. The molecule has 1 amide bonds. The van der Waals surface area contributed by atoms with Crippen LogP contribution in [0.4, 0.5) is 4.79 Å². The summed E-state index contributed by atoms with van der Waals surface area (Å²) in [4.78, 5) is 17.9. The van der Waals surface area contributed by atoms with Gasteiger partial charge in [-0.3, -0.25) is 4.90 Å². The summed E-state index contributed by atoms with van der Waals surface area (Å²) in [6, 6.07) is 14.7. The summed E-state index contributed by atoms with van der Waals surface area (Å²) in [6.45, 7) is 4.75. The smallest absolute Gasteiger partial charge is 0.416 e. The fraction of sp³-hybridized carbons (Fsp3) is 0.406. The Kier molecular flexibility index (Phi) is 8.38. The standard InChI is InChI=1S/C32H35Cl2N3O3/c33-23-7-12-26(13-8-23)40-32(38)37-19-15-27-28-21-24(34)9-14-29(28)35-30(27)31(37)22-5-10-25(11-6-22)39-20-4-18-36-16-2-1-3-17-36/h5-14,28,31,35H,1-4,15-21H2. The molecular weight excluding hydrogens is 545 g/mol. The Balaban J connectivity index is 1.19. The van der Waals surface area contributed by atoms with E-state index in [0.29, 0.717) is 23.9 Å². The Morgan fingerprint density at radius 3 is 2.45 bits per heavy atom. The molecule has 2 aromatic carbocycles. The number of hydrogen-bond donors (Lipinski definition) is 1. The van der Waals surface area contributed by atoms with Crippen LogP contribution in [0.25, 0.3) is 0 Å². The molecule has 0 saturated carbocycles. The lowest BCUT2D eigenvalue weighted by Gasteiger charge is -2.36. The number of piperidine rings is 1. The van der Waals surface area contributed by atoms with Gasteiger partial charge in [0.2, 0.25) is 0 Å². The zero-order valence-corrected chi connectivity index (χ0v) is 24.1. The van der Waals surface area contributed by atoms with Crippen LogP contribution in [0.1, 0.15) is 50.1 Å². The molecule has 2 atom stereocenters. The number of likely N-dealkylation sites (tertiary alicyclic amines) is 1. The van der Waals surface area contributed by atoms with Crippen molar-refractivity contribution in [1.82, 2.24) is 15.1 Å². The van der Waals surface area contributed by atoms with Crippen LogP contribution in [0.15, 0.2) is 82.7 Å². The van der Waals surface area contributed by atoms with Crippen molar-refractivity contribution in [2.75, 3.05) is 32.8 Å². The summed E-state index contributed by atoms with van der Waals surface area (Å²) in [5, 5.41) is 5.09. The van der Waals surface area contributed by atoms with E-state index in [9.17, 15) is 4.79 Å². The van der Waals surface area contributed by atoms with E-state index in [1.807, 2.05) is 23.1 Å². The van der Waals surface area contributed by atoms with Crippen LogP contribution in [0.5, 0.6) is 11.5 Å². The van der Waals surface area contributed by atoms with Gasteiger partial charge in [-0.25, -0.2) is 4.79 Å². The van der Waals surface area contributed by atoms with Crippen LogP contribution in [0.3, 0.4) is 0 Å². The van der Waals surface area contributed by atoms with Crippen molar-refractivity contribution >= 4 is 29.3 Å². The Morgan fingerprint density at radius 1 is 0.925 bits per heavy atom. The first kappa shape index (κ1) is 27.3. The van der Waals surface area contributed by atoms with E-state index in [-0.39, 0.29) is 12.0 Å². The molecule has 8 heteroatoms. The van der Waals surface area contributed by atoms with Gasteiger partial charge in [0.1, 0.15) is 17.5 Å². The van der Waals surface area contributed by atoms with E-state index < -0.39 is 6.09 Å². The first-order valence-electron chi connectivity index (χ1n) is 14.3. The predicted octanol–water partition coefficient (Wildman–Crippen LogP) is 7.42. The molecule has 0 bridgehead atoms. The zero-order valence-electron chi connectivity index (χ0n) is 22.6. The number of carbonyl (C=O) groups is 1. The number of nitrogens with zero attached hydrogens (tertiary/aromatic N) is 2. The van der Waals surface area contributed by atoms with Crippen molar-refractivity contribution in [3.05, 3.63) is 93.3 Å². The van der Waals surface area contributed by atoms with Gasteiger partial charge in [0.25, 0.3) is 0 Å². The summed E-state index contributed by atoms with van der Waals surface area (Å²) < 4.78 is 11.9. The van der Waals surface area contributed by atoms with Crippen LogP contribution in [0, 0.1) is 5.92 Å². The van der Waals surface area contributed by atoms with Crippen molar-refractivity contribution in [1.29, 1.82) is 0 Å². The lowest BCUT2D eigenvalue weighted by atomic mass is 9.85. The van der Waals surface area contributed by atoms with Gasteiger partial charge in [-0.15, -0.1) is 0 Å². The van der Waals surface area contributed by atoms with Crippen molar-refractivity contribution in [3.63, 3.8) is 0 Å². The largest absolute Gasteiger partial charge is 0.494 e. The van der Waals surface area contributed by atoms with Crippen LogP contribution in [-0.4, -0.2) is 48.7 Å². The van der Waals surface area contributed by atoms with Gasteiger partial charge >= 0.3 is 6.09 Å². The number of benzene rings is 2. The number of rotatable bonds is 7. The topological polar surface area (TPSA) is 54.0 Å². The Morgan fingerprint density at radius 2 is 1.68 bits per heavy atom. The number of nitrogens with one attached hydrogen (secondary N) is 1. The van der Waals surface area contributed by atoms with Crippen LogP contribution < -0.4 is 14.8 Å². The third kappa shape index (κ3) is 6.04. The molecule has 4 aliphatic rings. The molecule has 1 N–H and O–H groups in total. The lowest BCUT2D eigenvalue weighted by molar-refractivity contribution is 0.134. The van der Waals surface area contributed by atoms with Crippen molar-refractivity contribution in [2.24, 2.45) is 5.92 Å². The maximum absolute atomic E-state index is 13.5. The second-order valence-electron chi connectivity index (χ2n) is 10.9. The molecule has 1 fully saturated rings. The van der Waals surface area contributed by atoms with E-state index in [1.165, 1.54) is 37.9 Å². The maximum Gasteiger partial charge on any atom is 0.416 e.